The van der Waals surface area contributed by atoms with Crippen LogP contribution in [0.4, 0.5) is 0 Å². The van der Waals surface area contributed by atoms with Crippen LogP contribution in [0.2, 0.25) is 0 Å². The molecule has 1 aromatic carbocycles. The number of aromatic amines is 1. The number of aromatic nitrogens is 2. The molecule has 0 bridgehead atoms. The quantitative estimate of drug-likeness (QED) is 0.760. The second-order valence-electron chi connectivity index (χ2n) is 6.63. The molecule has 2 aromatic rings. The smallest absolute Gasteiger partial charge is 0.233 e. The van der Waals surface area contributed by atoms with Gasteiger partial charge >= 0.3 is 0 Å². The van der Waals surface area contributed by atoms with Crippen LogP contribution in [0, 0.1) is 6.92 Å². The number of hydrogen-bond acceptors (Lipinski definition) is 5. The van der Waals surface area contributed by atoms with Crippen LogP contribution < -0.4 is 0 Å². The number of hydrogen-bond donors (Lipinski definition) is 1. The van der Waals surface area contributed by atoms with Gasteiger partial charge in [0.2, 0.25) is 5.91 Å². The number of H-pyrrole nitrogens is 1. The molecular weight excluding hydrogens is 370 g/mol. The normalized spacial score (nSPS) is 18.8. The Morgan fingerprint density at radius 2 is 2.08 bits per heavy atom. The van der Waals surface area contributed by atoms with Gasteiger partial charge in [-0.2, -0.15) is 0 Å². The molecule has 2 heterocycles. The zero-order valence-corrected chi connectivity index (χ0v) is 16.6. The molecule has 0 spiro atoms. The van der Waals surface area contributed by atoms with Crippen molar-refractivity contribution in [3.63, 3.8) is 0 Å². The lowest BCUT2D eigenvalue weighted by Crippen LogP contribution is -2.38. The van der Waals surface area contributed by atoms with E-state index < -0.39 is 9.84 Å². The van der Waals surface area contributed by atoms with Crippen molar-refractivity contribution in [2.45, 2.75) is 31.0 Å². The first-order valence-electron chi connectivity index (χ1n) is 8.52. The van der Waals surface area contributed by atoms with Crippen molar-refractivity contribution in [1.29, 1.82) is 0 Å². The molecule has 1 fully saturated rings. The summed E-state index contributed by atoms with van der Waals surface area (Å²) in [5.41, 5.74) is 3.16. The highest BCUT2D eigenvalue weighted by Crippen LogP contribution is 2.21. The van der Waals surface area contributed by atoms with E-state index in [0.717, 1.165) is 17.8 Å². The highest BCUT2D eigenvalue weighted by Gasteiger charge is 2.32. The molecule has 6 nitrogen and oxygen atoms in total. The van der Waals surface area contributed by atoms with Crippen molar-refractivity contribution in [1.82, 2.24) is 14.9 Å². The summed E-state index contributed by atoms with van der Waals surface area (Å²) in [7, 11) is -1.31. The van der Waals surface area contributed by atoms with Crippen LogP contribution in [-0.4, -0.2) is 59.5 Å². The first kappa shape index (κ1) is 19.0. The van der Waals surface area contributed by atoms with Crippen molar-refractivity contribution in [2.24, 2.45) is 0 Å². The minimum Gasteiger partial charge on any atom is -0.341 e. The van der Waals surface area contributed by atoms with Gasteiger partial charge in [-0.1, -0.05) is 42.1 Å². The van der Waals surface area contributed by atoms with Crippen LogP contribution in [0.15, 0.2) is 35.5 Å². The lowest BCUT2D eigenvalue weighted by atomic mass is 10.1. The van der Waals surface area contributed by atoms with Gasteiger partial charge in [0.15, 0.2) is 15.0 Å². The SMILES string of the molecule is Cc1[nH]c(SCC(=O)N(C)[C@@H]2CCS(=O)(=O)C2)nc1Cc1ccccc1. The molecule has 8 heteroatoms. The average molecular weight is 394 g/mol. The van der Waals surface area contributed by atoms with Crippen molar-refractivity contribution >= 4 is 27.5 Å². The zero-order valence-electron chi connectivity index (χ0n) is 14.9. The molecule has 1 amide bonds. The Balaban J connectivity index is 1.56. The number of imidazole rings is 1. The summed E-state index contributed by atoms with van der Waals surface area (Å²) in [4.78, 5) is 21.8. The molecular formula is C18H23N3O3S2. The van der Waals surface area contributed by atoms with Gasteiger partial charge in [-0.05, 0) is 18.9 Å². The molecule has 1 aliphatic heterocycles. The van der Waals surface area contributed by atoms with Crippen LogP contribution >= 0.6 is 11.8 Å². The molecule has 1 aliphatic rings. The second-order valence-corrected chi connectivity index (χ2v) is 9.82. The number of nitrogens with one attached hydrogen (secondary N) is 1. The Hall–Kier alpha value is -1.80. The van der Waals surface area contributed by atoms with Crippen molar-refractivity contribution in [2.75, 3.05) is 24.3 Å². The molecule has 3 rings (SSSR count). The third-order valence-corrected chi connectivity index (χ3v) is 7.27. The Morgan fingerprint density at radius 1 is 1.35 bits per heavy atom. The van der Waals surface area contributed by atoms with E-state index >= 15 is 0 Å². The molecule has 140 valence electrons. The molecule has 1 aromatic heterocycles. The lowest BCUT2D eigenvalue weighted by Gasteiger charge is -2.22. The standard InChI is InChI=1S/C18H23N3O3S2/c1-13-16(10-14-6-4-3-5-7-14)20-18(19-13)25-11-17(22)21(2)15-8-9-26(23,24)12-15/h3-7,15H,8-12H2,1-2H3,(H,19,20)/t15-/m1/s1. The minimum atomic E-state index is -2.99. The largest absolute Gasteiger partial charge is 0.341 e. The van der Waals surface area contributed by atoms with E-state index in [-0.39, 0.29) is 29.2 Å². The monoisotopic (exact) mass is 393 g/mol. The molecule has 0 saturated carbocycles. The van der Waals surface area contributed by atoms with E-state index in [2.05, 4.69) is 22.1 Å². The van der Waals surface area contributed by atoms with Gasteiger partial charge < -0.3 is 9.88 Å². The summed E-state index contributed by atoms with van der Waals surface area (Å²) in [6.07, 6.45) is 1.27. The Bertz CT molecular complexity index is 878. The third kappa shape index (κ3) is 4.67. The van der Waals surface area contributed by atoms with E-state index in [9.17, 15) is 13.2 Å². The molecule has 1 N–H and O–H groups in total. The maximum Gasteiger partial charge on any atom is 0.233 e. The lowest BCUT2D eigenvalue weighted by molar-refractivity contribution is -0.128. The maximum atomic E-state index is 12.4. The Morgan fingerprint density at radius 3 is 2.73 bits per heavy atom. The van der Waals surface area contributed by atoms with Crippen LogP contribution in [0.5, 0.6) is 0 Å². The van der Waals surface area contributed by atoms with Crippen LogP contribution in [0.3, 0.4) is 0 Å². The molecule has 0 aliphatic carbocycles. The average Bonchev–Trinajstić information content (AvgIpc) is 3.15. The first-order chi connectivity index (χ1) is 12.3. The number of carbonyl (C=O) groups excluding carboxylic acids is 1. The van der Waals surface area contributed by atoms with Crippen molar-refractivity contribution in [3.05, 3.63) is 47.3 Å². The van der Waals surface area contributed by atoms with E-state index in [1.54, 1.807) is 11.9 Å². The Kier molecular flexibility index (Phi) is 5.72. The van der Waals surface area contributed by atoms with Gasteiger partial charge in [0.25, 0.3) is 0 Å². The van der Waals surface area contributed by atoms with Gasteiger partial charge in [-0.15, -0.1) is 0 Å². The number of nitrogens with zero attached hydrogens (tertiary/aromatic N) is 2. The fraction of sp³-hybridized carbons (Fsp3) is 0.444. The first-order valence-corrected chi connectivity index (χ1v) is 11.3. The summed E-state index contributed by atoms with van der Waals surface area (Å²) in [5.74, 6) is 0.407. The molecule has 26 heavy (non-hydrogen) atoms. The van der Waals surface area contributed by atoms with E-state index in [1.165, 1.54) is 17.3 Å². The van der Waals surface area contributed by atoms with Crippen LogP contribution in [0.25, 0.3) is 0 Å². The number of rotatable bonds is 6. The van der Waals surface area contributed by atoms with Gasteiger partial charge in [-0.3, -0.25) is 4.79 Å². The predicted molar refractivity (Wildman–Crippen MR) is 103 cm³/mol. The molecule has 1 saturated heterocycles. The van der Waals surface area contributed by atoms with Gasteiger partial charge in [0, 0.05) is 25.2 Å². The van der Waals surface area contributed by atoms with E-state index in [0.29, 0.717) is 11.6 Å². The second kappa shape index (κ2) is 7.84. The summed E-state index contributed by atoms with van der Waals surface area (Å²) in [6.45, 7) is 1.98. The van der Waals surface area contributed by atoms with Gasteiger partial charge in [-0.25, -0.2) is 13.4 Å². The van der Waals surface area contributed by atoms with Gasteiger partial charge in [0.1, 0.15) is 0 Å². The third-order valence-electron chi connectivity index (χ3n) is 4.66. The topological polar surface area (TPSA) is 83.1 Å². The zero-order chi connectivity index (χ0) is 18.7. The fourth-order valence-electron chi connectivity index (χ4n) is 3.01. The predicted octanol–water partition coefficient (Wildman–Crippen LogP) is 2.05. The number of carbonyl (C=O) groups is 1. The number of sulfone groups is 1. The van der Waals surface area contributed by atoms with Gasteiger partial charge in [0.05, 0.1) is 23.0 Å². The Labute approximate surface area is 158 Å². The summed E-state index contributed by atoms with van der Waals surface area (Å²) >= 11 is 1.35. The minimum absolute atomic E-state index is 0.0704. The van der Waals surface area contributed by atoms with Crippen LogP contribution in [0.1, 0.15) is 23.4 Å². The van der Waals surface area contributed by atoms with E-state index in [4.69, 9.17) is 0 Å². The summed E-state index contributed by atoms with van der Waals surface area (Å²) in [5, 5.41) is 0.717. The molecule has 0 unspecified atom stereocenters. The molecule has 1 atom stereocenters. The number of amides is 1. The fourth-order valence-corrected chi connectivity index (χ4v) is 5.65. The highest BCUT2D eigenvalue weighted by molar-refractivity contribution is 7.99. The van der Waals surface area contributed by atoms with Crippen molar-refractivity contribution in [3.8, 4) is 0 Å². The van der Waals surface area contributed by atoms with E-state index in [1.807, 2.05) is 25.1 Å². The molecule has 0 radical (unpaired) electrons. The highest BCUT2D eigenvalue weighted by atomic mass is 32.2. The summed E-state index contributed by atoms with van der Waals surface area (Å²) < 4.78 is 23.2. The number of thioether (sulfide) groups is 1. The number of benzene rings is 1. The maximum absolute atomic E-state index is 12.4. The number of aryl methyl sites for hydroxylation is 1. The van der Waals surface area contributed by atoms with Crippen molar-refractivity contribution < 1.29 is 13.2 Å². The van der Waals surface area contributed by atoms with Crippen LogP contribution in [-0.2, 0) is 21.1 Å². The summed E-state index contributed by atoms with van der Waals surface area (Å²) in [6, 6.07) is 9.92.